The number of nitrogens with two attached hydrogens (primary N) is 1. The Morgan fingerprint density at radius 3 is 2.67 bits per heavy atom. The summed E-state index contributed by atoms with van der Waals surface area (Å²) in [5, 5.41) is 0. The van der Waals surface area contributed by atoms with Crippen LogP contribution in [0.15, 0.2) is 0 Å². The number of halogens is 1. The van der Waals surface area contributed by atoms with E-state index < -0.39 is 3.55 Å². The first-order valence-corrected chi connectivity index (χ1v) is 8.77. The van der Waals surface area contributed by atoms with Crippen LogP contribution < -0.4 is 26.9 Å². The van der Waals surface area contributed by atoms with Crippen LogP contribution in [0.25, 0.3) is 0 Å². The number of fused-ring (bicyclic) bond motifs is 2. The number of hydrogen-bond donors (Lipinski definition) is 1. The molecule has 15 heavy (non-hydrogen) atoms. The van der Waals surface area contributed by atoms with Crippen molar-refractivity contribution < 1.29 is 30.7 Å². The third-order valence-electron chi connectivity index (χ3n) is 3.72. The fraction of sp³-hybridized carbons (Fsp3) is 0.909. The maximum atomic E-state index is 11.8. The van der Waals surface area contributed by atoms with Gasteiger partial charge in [0.2, 0.25) is 0 Å². The van der Waals surface area contributed by atoms with Gasteiger partial charge in [0.05, 0.1) is 0 Å². The van der Waals surface area contributed by atoms with E-state index in [2.05, 4.69) is 0 Å². The van der Waals surface area contributed by atoms with Gasteiger partial charge in [0.15, 0.2) is 0 Å². The van der Waals surface area contributed by atoms with Gasteiger partial charge in [-0.25, -0.2) is 0 Å². The number of carbonyl (C=O) groups is 1. The standard InChI is InChI=1S/C11H19INO2/c1-11(13,12-2)10(14)15-9-6-7-3-4-8(9)5-7/h7-9H,3-6,13H2,1-2H3/q-1. The van der Waals surface area contributed by atoms with Crippen LogP contribution in [-0.2, 0) is 9.53 Å². The number of esters is 1. The number of hydrogen-bond acceptors (Lipinski definition) is 3. The molecule has 3 nitrogen and oxygen atoms in total. The molecule has 0 aromatic carbocycles. The second-order valence-electron chi connectivity index (χ2n) is 4.88. The molecular formula is C11H19INO2-. The van der Waals surface area contributed by atoms with Gasteiger partial charge in [-0.05, 0) is 0 Å². The zero-order valence-corrected chi connectivity index (χ0v) is 11.5. The summed E-state index contributed by atoms with van der Waals surface area (Å²) in [5.74, 6) is 1.27. The molecule has 2 aliphatic rings. The molecule has 2 N–H and O–H groups in total. The molecule has 2 fully saturated rings. The average molecular weight is 324 g/mol. The summed E-state index contributed by atoms with van der Waals surface area (Å²) in [7, 11) is 0. The van der Waals surface area contributed by atoms with Gasteiger partial charge in [0.25, 0.3) is 0 Å². The Hall–Kier alpha value is 0.160. The summed E-state index contributed by atoms with van der Waals surface area (Å²) in [6.07, 6.45) is 5.09. The third kappa shape index (κ3) is 2.30. The van der Waals surface area contributed by atoms with Crippen molar-refractivity contribution in [2.75, 3.05) is 4.93 Å². The van der Waals surface area contributed by atoms with Crippen molar-refractivity contribution in [1.29, 1.82) is 0 Å². The summed E-state index contributed by atoms with van der Waals surface area (Å²) >= 11 is -0.306. The number of carbonyl (C=O) groups excluding carboxylic acids is 1. The van der Waals surface area contributed by atoms with Crippen LogP contribution in [0.1, 0.15) is 32.6 Å². The summed E-state index contributed by atoms with van der Waals surface area (Å²) in [4.78, 5) is 13.8. The van der Waals surface area contributed by atoms with Gasteiger partial charge >= 0.3 is 101 Å². The number of alkyl halides is 2. The van der Waals surface area contributed by atoms with Crippen molar-refractivity contribution in [3.8, 4) is 0 Å². The molecule has 0 aromatic rings. The van der Waals surface area contributed by atoms with E-state index in [9.17, 15) is 4.79 Å². The van der Waals surface area contributed by atoms with Gasteiger partial charge < -0.3 is 0 Å². The van der Waals surface area contributed by atoms with Crippen LogP contribution in [0.3, 0.4) is 0 Å². The molecule has 2 bridgehead atoms. The fourth-order valence-electron chi connectivity index (χ4n) is 2.66. The molecule has 0 radical (unpaired) electrons. The van der Waals surface area contributed by atoms with Gasteiger partial charge in [-0.15, -0.1) is 0 Å². The Morgan fingerprint density at radius 1 is 1.47 bits per heavy atom. The summed E-state index contributed by atoms with van der Waals surface area (Å²) in [5.41, 5.74) is 5.91. The van der Waals surface area contributed by atoms with E-state index >= 15 is 0 Å². The number of ether oxygens (including phenoxy) is 1. The van der Waals surface area contributed by atoms with Crippen molar-refractivity contribution in [3.63, 3.8) is 0 Å². The average Bonchev–Trinajstić information content (AvgIpc) is 2.79. The van der Waals surface area contributed by atoms with Crippen LogP contribution in [-0.4, -0.2) is 20.5 Å². The van der Waals surface area contributed by atoms with Crippen LogP contribution in [0.4, 0.5) is 0 Å². The molecule has 0 saturated heterocycles. The van der Waals surface area contributed by atoms with Gasteiger partial charge in [0.1, 0.15) is 0 Å². The third-order valence-corrected chi connectivity index (χ3v) is 6.40. The second kappa shape index (κ2) is 4.20. The topological polar surface area (TPSA) is 52.3 Å². The molecule has 0 spiro atoms. The van der Waals surface area contributed by atoms with E-state index in [1.807, 2.05) is 4.93 Å². The first-order chi connectivity index (χ1) is 7.03. The first kappa shape index (κ1) is 11.6. The molecule has 2 aliphatic carbocycles. The molecule has 0 heterocycles. The van der Waals surface area contributed by atoms with Gasteiger partial charge in [-0.3, -0.25) is 0 Å². The Kier molecular flexibility index (Phi) is 3.26. The molecule has 4 heteroatoms. The van der Waals surface area contributed by atoms with Crippen molar-refractivity contribution in [2.24, 2.45) is 17.6 Å². The Bertz CT molecular complexity index is 267. The summed E-state index contributed by atoms with van der Waals surface area (Å²) in [6, 6.07) is 0. The van der Waals surface area contributed by atoms with Crippen molar-refractivity contribution in [2.45, 2.75) is 42.3 Å². The van der Waals surface area contributed by atoms with Crippen LogP contribution >= 0.6 is 0 Å². The quantitative estimate of drug-likeness (QED) is 0.286. The van der Waals surface area contributed by atoms with Gasteiger partial charge in [-0.2, -0.15) is 0 Å². The maximum absolute atomic E-state index is 11.8. The van der Waals surface area contributed by atoms with Crippen molar-refractivity contribution in [3.05, 3.63) is 0 Å². The minimum atomic E-state index is -0.694. The number of rotatable bonds is 3. The minimum absolute atomic E-state index is 0.171. The monoisotopic (exact) mass is 324 g/mol. The normalized spacial score (nSPS) is 37.9. The van der Waals surface area contributed by atoms with E-state index in [0.29, 0.717) is 5.92 Å². The predicted molar refractivity (Wildman–Crippen MR) is 53.8 cm³/mol. The second-order valence-corrected chi connectivity index (χ2v) is 8.20. The Balaban J connectivity index is 1.90. The Morgan fingerprint density at radius 2 is 2.20 bits per heavy atom. The molecule has 0 aliphatic heterocycles. The van der Waals surface area contributed by atoms with E-state index in [-0.39, 0.29) is 33.3 Å². The predicted octanol–water partition coefficient (Wildman–Crippen LogP) is -1.89. The van der Waals surface area contributed by atoms with E-state index in [1.54, 1.807) is 6.92 Å². The SMILES string of the molecule is C[I-]C(C)(N)C(=O)OC1CC2CCC1C2. The molecular weight excluding hydrogens is 305 g/mol. The van der Waals surface area contributed by atoms with Crippen LogP contribution in [0, 0.1) is 11.8 Å². The van der Waals surface area contributed by atoms with Crippen molar-refractivity contribution >= 4 is 5.97 Å². The van der Waals surface area contributed by atoms with Gasteiger partial charge in [0, 0.05) is 0 Å². The molecule has 0 aromatic heterocycles. The summed E-state index contributed by atoms with van der Waals surface area (Å²) < 4.78 is 4.87. The summed E-state index contributed by atoms with van der Waals surface area (Å²) in [6.45, 7) is 1.80. The molecule has 4 unspecified atom stereocenters. The molecule has 4 atom stereocenters. The first-order valence-electron chi connectivity index (χ1n) is 5.53. The van der Waals surface area contributed by atoms with Crippen LogP contribution in [0.5, 0.6) is 0 Å². The van der Waals surface area contributed by atoms with E-state index in [0.717, 1.165) is 12.3 Å². The molecule has 2 saturated carbocycles. The van der Waals surface area contributed by atoms with E-state index in [1.165, 1.54) is 19.3 Å². The van der Waals surface area contributed by atoms with E-state index in [4.69, 9.17) is 10.5 Å². The molecule has 2 rings (SSSR count). The fourth-order valence-corrected chi connectivity index (χ4v) is 3.23. The Labute approximate surface area is 101 Å². The van der Waals surface area contributed by atoms with Crippen LogP contribution in [0.2, 0.25) is 0 Å². The zero-order chi connectivity index (χ0) is 11.1. The van der Waals surface area contributed by atoms with Gasteiger partial charge in [-0.1, -0.05) is 0 Å². The molecule has 88 valence electrons. The van der Waals surface area contributed by atoms with Crippen molar-refractivity contribution in [1.82, 2.24) is 0 Å². The zero-order valence-electron chi connectivity index (χ0n) is 9.33. The molecule has 0 amide bonds.